The Morgan fingerprint density at radius 3 is 2.43 bits per heavy atom. The van der Waals surface area contributed by atoms with E-state index in [9.17, 15) is 19.2 Å². The van der Waals surface area contributed by atoms with Gasteiger partial charge in [0.2, 0.25) is 0 Å². The Morgan fingerprint density at radius 2 is 1.79 bits per heavy atom. The summed E-state index contributed by atoms with van der Waals surface area (Å²) in [6.07, 6.45) is -0.723. The molecule has 1 atom stereocenters. The minimum atomic E-state index is -1.17. The Kier molecular flexibility index (Phi) is 7.36. The lowest BCUT2D eigenvalue weighted by atomic mass is 10.1. The second kappa shape index (κ2) is 9.72. The minimum absolute atomic E-state index is 0.0965. The van der Waals surface area contributed by atoms with Gasteiger partial charge in [-0.1, -0.05) is 13.8 Å². The fourth-order valence-corrected chi connectivity index (χ4v) is 2.58. The number of imide groups is 1. The molecule has 0 bridgehead atoms. The van der Waals surface area contributed by atoms with Crippen molar-refractivity contribution in [1.82, 2.24) is 5.32 Å². The zero-order valence-corrected chi connectivity index (χ0v) is 15.9. The van der Waals surface area contributed by atoms with Crippen molar-refractivity contribution in [3.8, 4) is 11.5 Å². The third-order valence-corrected chi connectivity index (χ3v) is 3.99. The number of ketones is 1. The lowest BCUT2D eigenvalue weighted by Crippen LogP contribution is -2.45. The number of hydrogen-bond acceptors (Lipinski definition) is 7. The van der Waals surface area contributed by atoms with Crippen molar-refractivity contribution in [2.45, 2.75) is 39.2 Å². The van der Waals surface area contributed by atoms with Crippen molar-refractivity contribution in [3.63, 3.8) is 0 Å². The number of carbonyl (C=O) groups excluding carboxylic acids is 4. The summed E-state index contributed by atoms with van der Waals surface area (Å²) in [5.74, 6) is -1.09. The Balaban J connectivity index is 1.92. The molecule has 0 spiro atoms. The molecule has 1 aromatic carbocycles. The molecule has 28 heavy (non-hydrogen) atoms. The number of benzene rings is 1. The molecule has 1 aliphatic rings. The Morgan fingerprint density at radius 1 is 1.11 bits per heavy atom. The summed E-state index contributed by atoms with van der Waals surface area (Å²) in [7, 11) is 0. The first kappa shape index (κ1) is 21.2. The van der Waals surface area contributed by atoms with Crippen LogP contribution < -0.4 is 20.5 Å². The van der Waals surface area contributed by atoms with Gasteiger partial charge in [-0.15, -0.1) is 0 Å². The zero-order valence-electron chi connectivity index (χ0n) is 15.9. The molecule has 1 heterocycles. The molecule has 2 rings (SSSR count). The lowest BCUT2D eigenvalue weighted by Gasteiger charge is -2.19. The predicted octanol–water partition coefficient (Wildman–Crippen LogP) is 1.57. The van der Waals surface area contributed by atoms with Crippen LogP contribution in [0.1, 0.15) is 43.5 Å². The molecular weight excluding hydrogens is 368 g/mol. The Bertz CT molecular complexity index is 761. The molecule has 0 radical (unpaired) electrons. The van der Waals surface area contributed by atoms with Gasteiger partial charge in [0.25, 0.3) is 5.91 Å². The number of primary amides is 1. The number of urea groups is 1. The van der Waals surface area contributed by atoms with Gasteiger partial charge in [0.15, 0.2) is 23.4 Å². The summed E-state index contributed by atoms with van der Waals surface area (Å²) < 4.78 is 16.2. The number of carbonyl (C=O) groups is 4. The summed E-state index contributed by atoms with van der Waals surface area (Å²) in [5, 5.41) is 1.88. The lowest BCUT2D eigenvalue weighted by molar-refractivity contribution is -0.158. The molecular formula is C19H24N2O7. The maximum atomic E-state index is 12.4. The second-order valence-corrected chi connectivity index (χ2v) is 6.64. The van der Waals surface area contributed by atoms with Gasteiger partial charge in [0.05, 0.1) is 19.6 Å². The average Bonchev–Trinajstić information content (AvgIpc) is 2.87. The minimum Gasteiger partial charge on any atom is -0.490 e. The number of Topliss-reactive ketones (excluding diaryl/α,β-unsaturated/α-hetero) is 1. The molecule has 9 heteroatoms. The van der Waals surface area contributed by atoms with E-state index >= 15 is 0 Å². The van der Waals surface area contributed by atoms with Gasteiger partial charge < -0.3 is 19.9 Å². The van der Waals surface area contributed by atoms with E-state index in [1.807, 2.05) is 5.32 Å². The molecule has 0 aliphatic carbocycles. The molecule has 0 aromatic heterocycles. The number of amides is 3. The van der Waals surface area contributed by atoms with Gasteiger partial charge in [0.1, 0.15) is 0 Å². The van der Waals surface area contributed by atoms with Crippen molar-refractivity contribution in [2.75, 3.05) is 13.2 Å². The van der Waals surface area contributed by atoms with Gasteiger partial charge >= 0.3 is 12.0 Å². The number of fused-ring (bicyclic) bond motifs is 1. The SMILES string of the molecule is CC(C)[C@H](OC(=O)CCC(=O)c1ccc2c(c1)OCCCO2)C(=O)NC(N)=O. The van der Waals surface area contributed by atoms with Crippen LogP contribution >= 0.6 is 0 Å². The molecule has 152 valence electrons. The van der Waals surface area contributed by atoms with Gasteiger partial charge in [-0.3, -0.25) is 19.7 Å². The van der Waals surface area contributed by atoms with Crippen molar-refractivity contribution >= 4 is 23.7 Å². The van der Waals surface area contributed by atoms with E-state index in [1.54, 1.807) is 32.0 Å². The van der Waals surface area contributed by atoms with Crippen molar-refractivity contribution in [2.24, 2.45) is 11.7 Å². The van der Waals surface area contributed by atoms with Crippen LogP contribution in [0.5, 0.6) is 11.5 Å². The van der Waals surface area contributed by atoms with Crippen LogP contribution in [0.3, 0.4) is 0 Å². The fourth-order valence-electron chi connectivity index (χ4n) is 2.58. The number of nitrogens with two attached hydrogens (primary N) is 1. The average molecular weight is 392 g/mol. The van der Waals surface area contributed by atoms with Crippen molar-refractivity contribution in [1.29, 1.82) is 0 Å². The molecule has 1 aromatic rings. The van der Waals surface area contributed by atoms with E-state index in [0.717, 1.165) is 6.42 Å². The summed E-state index contributed by atoms with van der Waals surface area (Å²) in [5.41, 5.74) is 5.30. The predicted molar refractivity (Wildman–Crippen MR) is 98.1 cm³/mol. The maximum Gasteiger partial charge on any atom is 0.318 e. The second-order valence-electron chi connectivity index (χ2n) is 6.64. The van der Waals surface area contributed by atoms with Gasteiger partial charge in [-0.05, 0) is 24.1 Å². The van der Waals surface area contributed by atoms with E-state index < -0.39 is 24.0 Å². The molecule has 3 N–H and O–H groups in total. The highest BCUT2D eigenvalue weighted by Gasteiger charge is 2.27. The summed E-state index contributed by atoms with van der Waals surface area (Å²) in [6, 6.07) is 3.83. The first-order valence-corrected chi connectivity index (χ1v) is 9.00. The van der Waals surface area contributed by atoms with Crippen LogP contribution in [0.2, 0.25) is 0 Å². The summed E-state index contributed by atoms with van der Waals surface area (Å²) in [6.45, 7) is 4.36. The number of hydrogen-bond donors (Lipinski definition) is 2. The standard InChI is InChI=1S/C19H24N2O7/c1-11(2)17(18(24)21-19(20)25)28-16(23)7-5-13(22)12-4-6-14-15(10-12)27-9-3-8-26-14/h4,6,10-11,17H,3,5,7-9H2,1-2H3,(H3,20,21,24,25)/t17-/m0/s1. The molecule has 0 unspecified atom stereocenters. The first-order valence-electron chi connectivity index (χ1n) is 9.00. The Labute approximate surface area is 162 Å². The molecule has 9 nitrogen and oxygen atoms in total. The highest BCUT2D eigenvalue weighted by Crippen LogP contribution is 2.30. The van der Waals surface area contributed by atoms with Gasteiger partial charge in [0, 0.05) is 18.4 Å². The van der Waals surface area contributed by atoms with Crippen LogP contribution in [0, 0.1) is 5.92 Å². The van der Waals surface area contributed by atoms with Crippen LogP contribution in [0.25, 0.3) is 0 Å². The fraction of sp³-hybridized carbons (Fsp3) is 0.474. The largest absolute Gasteiger partial charge is 0.490 e. The smallest absolute Gasteiger partial charge is 0.318 e. The van der Waals surface area contributed by atoms with Gasteiger partial charge in [-0.2, -0.15) is 0 Å². The van der Waals surface area contributed by atoms with Crippen LogP contribution in [-0.2, 0) is 14.3 Å². The third-order valence-electron chi connectivity index (χ3n) is 3.99. The topological polar surface area (TPSA) is 134 Å². The van der Waals surface area contributed by atoms with E-state index in [4.69, 9.17) is 19.9 Å². The number of rotatable bonds is 7. The van der Waals surface area contributed by atoms with Crippen LogP contribution in [0.15, 0.2) is 18.2 Å². The molecule has 0 fully saturated rings. The number of ether oxygens (including phenoxy) is 3. The summed E-state index contributed by atoms with van der Waals surface area (Å²) in [4.78, 5) is 47.1. The van der Waals surface area contributed by atoms with E-state index in [0.29, 0.717) is 30.3 Å². The maximum absolute atomic E-state index is 12.4. The monoisotopic (exact) mass is 392 g/mol. The molecule has 0 saturated heterocycles. The highest BCUT2D eigenvalue weighted by molar-refractivity contribution is 5.99. The molecule has 0 saturated carbocycles. The molecule has 3 amide bonds. The number of nitrogens with one attached hydrogen (secondary N) is 1. The van der Waals surface area contributed by atoms with E-state index in [1.165, 1.54) is 0 Å². The first-order chi connectivity index (χ1) is 13.3. The summed E-state index contributed by atoms with van der Waals surface area (Å²) >= 11 is 0. The van der Waals surface area contributed by atoms with Crippen LogP contribution in [0.4, 0.5) is 4.79 Å². The van der Waals surface area contributed by atoms with E-state index in [-0.39, 0.29) is 24.5 Å². The zero-order chi connectivity index (χ0) is 20.7. The van der Waals surface area contributed by atoms with Gasteiger partial charge in [-0.25, -0.2) is 4.79 Å². The normalized spacial score (nSPS) is 14.0. The number of esters is 1. The van der Waals surface area contributed by atoms with Crippen molar-refractivity contribution < 1.29 is 33.4 Å². The molecule has 1 aliphatic heterocycles. The van der Waals surface area contributed by atoms with Crippen molar-refractivity contribution in [3.05, 3.63) is 23.8 Å². The van der Waals surface area contributed by atoms with Crippen LogP contribution in [-0.4, -0.2) is 43.0 Å². The van der Waals surface area contributed by atoms with E-state index in [2.05, 4.69) is 0 Å². The third kappa shape index (κ3) is 5.97. The highest BCUT2D eigenvalue weighted by atomic mass is 16.5. The quantitative estimate of drug-likeness (QED) is 0.531. The Hall–Kier alpha value is -3.10.